The standard InChI is InChI=1S/C18H18N2O3S/c1-12-5-4-6-16(9-12)20-24(21,22)18-8-7-15(10-13(18)2)17-11-14(3)19-23-17/h4-11,20H,1-3H3. The zero-order chi connectivity index (χ0) is 17.3. The van der Waals surface area contributed by atoms with Crippen LogP contribution >= 0.6 is 0 Å². The third kappa shape index (κ3) is 3.33. The molecule has 24 heavy (non-hydrogen) atoms. The number of benzene rings is 2. The summed E-state index contributed by atoms with van der Waals surface area (Å²) in [6.45, 7) is 5.51. The van der Waals surface area contributed by atoms with Gasteiger partial charge in [-0.2, -0.15) is 0 Å². The Balaban J connectivity index is 1.93. The maximum atomic E-state index is 12.6. The average Bonchev–Trinajstić information content (AvgIpc) is 2.93. The van der Waals surface area contributed by atoms with Gasteiger partial charge in [0.25, 0.3) is 10.0 Å². The Morgan fingerprint density at radius 1 is 1.00 bits per heavy atom. The molecule has 0 radical (unpaired) electrons. The van der Waals surface area contributed by atoms with Gasteiger partial charge in [0.05, 0.1) is 10.6 Å². The lowest BCUT2D eigenvalue weighted by Gasteiger charge is -2.11. The maximum absolute atomic E-state index is 12.6. The highest BCUT2D eigenvalue weighted by Crippen LogP contribution is 2.26. The fourth-order valence-corrected chi connectivity index (χ4v) is 3.80. The van der Waals surface area contributed by atoms with Crippen molar-refractivity contribution in [2.24, 2.45) is 0 Å². The number of aromatic nitrogens is 1. The predicted octanol–water partition coefficient (Wildman–Crippen LogP) is 4.07. The van der Waals surface area contributed by atoms with E-state index in [1.807, 2.05) is 32.0 Å². The van der Waals surface area contributed by atoms with E-state index in [4.69, 9.17) is 4.52 Å². The Kier molecular flexibility index (Phi) is 4.15. The summed E-state index contributed by atoms with van der Waals surface area (Å²) < 4.78 is 33.1. The van der Waals surface area contributed by atoms with E-state index in [0.29, 0.717) is 17.0 Å². The zero-order valence-corrected chi connectivity index (χ0v) is 14.5. The summed E-state index contributed by atoms with van der Waals surface area (Å²) >= 11 is 0. The molecule has 0 saturated carbocycles. The van der Waals surface area contributed by atoms with E-state index in [1.165, 1.54) is 0 Å². The van der Waals surface area contributed by atoms with Crippen LogP contribution in [-0.2, 0) is 10.0 Å². The molecule has 0 amide bonds. The van der Waals surface area contributed by atoms with Gasteiger partial charge in [-0.25, -0.2) is 8.42 Å². The van der Waals surface area contributed by atoms with Crippen molar-refractivity contribution in [3.05, 3.63) is 65.4 Å². The second kappa shape index (κ2) is 6.13. The third-order valence-corrected chi connectivity index (χ3v) is 5.19. The highest BCUT2D eigenvalue weighted by molar-refractivity contribution is 7.92. The molecular weight excluding hydrogens is 324 g/mol. The van der Waals surface area contributed by atoms with Crippen LogP contribution in [0.3, 0.4) is 0 Å². The molecule has 0 saturated heterocycles. The molecule has 1 N–H and O–H groups in total. The SMILES string of the molecule is Cc1cccc(NS(=O)(=O)c2ccc(-c3cc(C)no3)cc2C)c1. The van der Waals surface area contributed by atoms with Crippen molar-refractivity contribution in [2.45, 2.75) is 25.7 Å². The third-order valence-electron chi connectivity index (χ3n) is 3.65. The molecule has 0 fully saturated rings. The molecule has 3 aromatic rings. The van der Waals surface area contributed by atoms with Crippen LogP contribution < -0.4 is 4.72 Å². The molecule has 0 aliphatic heterocycles. The molecule has 5 nitrogen and oxygen atoms in total. The number of aryl methyl sites for hydroxylation is 3. The minimum absolute atomic E-state index is 0.240. The van der Waals surface area contributed by atoms with Crippen LogP contribution in [0.15, 0.2) is 57.9 Å². The first-order chi connectivity index (χ1) is 11.3. The van der Waals surface area contributed by atoms with E-state index in [9.17, 15) is 8.42 Å². The first-order valence-corrected chi connectivity index (χ1v) is 8.97. The van der Waals surface area contributed by atoms with Gasteiger partial charge in [-0.15, -0.1) is 0 Å². The number of sulfonamides is 1. The number of nitrogens with zero attached hydrogens (tertiary/aromatic N) is 1. The van der Waals surface area contributed by atoms with Crippen molar-refractivity contribution in [1.82, 2.24) is 5.16 Å². The lowest BCUT2D eigenvalue weighted by atomic mass is 10.1. The van der Waals surface area contributed by atoms with Crippen molar-refractivity contribution in [3.8, 4) is 11.3 Å². The van der Waals surface area contributed by atoms with E-state index >= 15 is 0 Å². The fourth-order valence-electron chi connectivity index (χ4n) is 2.52. The Bertz CT molecular complexity index is 991. The summed E-state index contributed by atoms with van der Waals surface area (Å²) in [4.78, 5) is 0.240. The summed E-state index contributed by atoms with van der Waals surface area (Å²) in [6.07, 6.45) is 0. The topological polar surface area (TPSA) is 72.2 Å². The summed E-state index contributed by atoms with van der Waals surface area (Å²) in [7, 11) is -3.65. The molecule has 2 aromatic carbocycles. The predicted molar refractivity (Wildman–Crippen MR) is 93.4 cm³/mol. The van der Waals surface area contributed by atoms with Gasteiger partial charge in [0.2, 0.25) is 0 Å². The molecule has 1 heterocycles. The van der Waals surface area contributed by atoms with Crippen LogP contribution in [0.2, 0.25) is 0 Å². The quantitative estimate of drug-likeness (QED) is 0.776. The Morgan fingerprint density at radius 2 is 1.79 bits per heavy atom. The van der Waals surface area contributed by atoms with Gasteiger partial charge in [0.15, 0.2) is 5.76 Å². The van der Waals surface area contributed by atoms with Crippen LogP contribution in [0.4, 0.5) is 5.69 Å². The largest absolute Gasteiger partial charge is 0.356 e. The second-order valence-corrected chi connectivity index (χ2v) is 7.44. The molecular formula is C18H18N2O3S. The van der Waals surface area contributed by atoms with Gasteiger partial charge in [-0.05, 0) is 62.2 Å². The Hall–Kier alpha value is -2.60. The molecule has 1 aromatic heterocycles. The van der Waals surface area contributed by atoms with Crippen molar-refractivity contribution in [1.29, 1.82) is 0 Å². The van der Waals surface area contributed by atoms with Crippen molar-refractivity contribution < 1.29 is 12.9 Å². The molecule has 0 aliphatic carbocycles. The smallest absolute Gasteiger partial charge is 0.262 e. The molecule has 0 spiro atoms. The highest BCUT2D eigenvalue weighted by Gasteiger charge is 2.18. The van der Waals surface area contributed by atoms with Gasteiger partial charge >= 0.3 is 0 Å². The normalized spacial score (nSPS) is 11.5. The van der Waals surface area contributed by atoms with Crippen molar-refractivity contribution in [2.75, 3.05) is 4.72 Å². The minimum Gasteiger partial charge on any atom is -0.356 e. The van der Waals surface area contributed by atoms with E-state index in [0.717, 1.165) is 16.8 Å². The maximum Gasteiger partial charge on any atom is 0.262 e. The lowest BCUT2D eigenvalue weighted by Crippen LogP contribution is -2.14. The van der Waals surface area contributed by atoms with Gasteiger partial charge in [-0.1, -0.05) is 17.3 Å². The molecule has 6 heteroatoms. The summed E-state index contributed by atoms with van der Waals surface area (Å²) in [5, 5.41) is 3.85. The Morgan fingerprint density at radius 3 is 2.42 bits per heavy atom. The number of nitrogens with one attached hydrogen (secondary N) is 1. The van der Waals surface area contributed by atoms with Crippen LogP contribution in [0.25, 0.3) is 11.3 Å². The second-order valence-electron chi connectivity index (χ2n) is 5.79. The van der Waals surface area contributed by atoms with Gasteiger partial charge in [-0.3, -0.25) is 4.72 Å². The average molecular weight is 342 g/mol. The molecule has 0 atom stereocenters. The Labute approximate surface area is 141 Å². The van der Waals surface area contributed by atoms with Crippen molar-refractivity contribution >= 4 is 15.7 Å². The van der Waals surface area contributed by atoms with E-state index < -0.39 is 10.0 Å². The molecule has 0 unspecified atom stereocenters. The van der Waals surface area contributed by atoms with Crippen LogP contribution in [0.1, 0.15) is 16.8 Å². The van der Waals surface area contributed by atoms with Crippen LogP contribution in [-0.4, -0.2) is 13.6 Å². The minimum atomic E-state index is -3.65. The van der Waals surface area contributed by atoms with Gasteiger partial charge in [0.1, 0.15) is 0 Å². The first kappa shape index (κ1) is 16.3. The number of rotatable bonds is 4. The summed E-state index contributed by atoms with van der Waals surface area (Å²) in [5.74, 6) is 0.617. The summed E-state index contributed by atoms with van der Waals surface area (Å²) in [6, 6.07) is 14.1. The molecule has 0 bridgehead atoms. The van der Waals surface area contributed by atoms with E-state index in [1.54, 1.807) is 37.3 Å². The fraction of sp³-hybridized carbons (Fsp3) is 0.167. The number of hydrogen-bond donors (Lipinski definition) is 1. The lowest BCUT2D eigenvalue weighted by molar-refractivity contribution is 0.427. The number of hydrogen-bond acceptors (Lipinski definition) is 4. The van der Waals surface area contributed by atoms with E-state index in [2.05, 4.69) is 9.88 Å². The summed E-state index contributed by atoms with van der Waals surface area (Å²) in [5.41, 5.74) is 3.75. The first-order valence-electron chi connectivity index (χ1n) is 7.49. The van der Waals surface area contributed by atoms with Crippen LogP contribution in [0.5, 0.6) is 0 Å². The monoisotopic (exact) mass is 342 g/mol. The molecule has 124 valence electrons. The zero-order valence-electron chi connectivity index (χ0n) is 13.7. The van der Waals surface area contributed by atoms with Gasteiger partial charge in [0, 0.05) is 17.3 Å². The van der Waals surface area contributed by atoms with Gasteiger partial charge < -0.3 is 4.52 Å². The van der Waals surface area contributed by atoms with Crippen molar-refractivity contribution in [3.63, 3.8) is 0 Å². The molecule has 0 aliphatic rings. The van der Waals surface area contributed by atoms with Crippen LogP contribution in [0, 0.1) is 20.8 Å². The molecule has 3 rings (SSSR count). The highest BCUT2D eigenvalue weighted by atomic mass is 32.2. The van der Waals surface area contributed by atoms with E-state index in [-0.39, 0.29) is 4.90 Å². The number of anilines is 1.